The fourth-order valence-electron chi connectivity index (χ4n) is 2.42. The molecule has 0 heterocycles. The number of benzene rings is 2. The minimum atomic E-state index is -0.441. The molecule has 1 aliphatic rings. The smallest absolute Gasteiger partial charge is 0.234 e. The number of ketones is 2. The molecule has 0 saturated carbocycles. The van der Waals surface area contributed by atoms with E-state index in [0.717, 1.165) is 28.4 Å². The van der Waals surface area contributed by atoms with Gasteiger partial charge in [-0.2, -0.15) is 0 Å². The highest BCUT2D eigenvalue weighted by atomic mass is 79.9. The molecule has 0 atom stereocenters. The Bertz CT molecular complexity index is 809. The Balaban J connectivity index is 2.16. The Morgan fingerprint density at radius 3 is 2.24 bits per heavy atom. The van der Waals surface area contributed by atoms with Crippen LogP contribution in [0.4, 0.5) is 0 Å². The maximum Gasteiger partial charge on any atom is 0.234 e. The average molecular weight is 339 g/mol. The van der Waals surface area contributed by atoms with Crippen LogP contribution in [-0.4, -0.2) is 16.9 Å². The molecule has 0 N–H and O–H groups in total. The summed E-state index contributed by atoms with van der Waals surface area (Å²) in [5.41, 5.74) is 3.39. The van der Waals surface area contributed by atoms with Crippen LogP contribution in [0.15, 0.2) is 42.5 Å². The summed E-state index contributed by atoms with van der Waals surface area (Å²) >= 11 is 3.33. The Labute approximate surface area is 131 Å². The number of halogens is 1. The molecule has 0 amide bonds. The molecule has 0 aromatic heterocycles. The summed E-state index contributed by atoms with van der Waals surface area (Å²) in [4.78, 5) is 24.3. The van der Waals surface area contributed by atoms with Crippen LogP contribution in [0.1, 0.15) is 32.7 Å². The summed E-state index contributed by atoms with van der Waals surface area (Å²) in [7, 11) is 0. The number of Topliss-reactive ketones (excluding diaryl/α,β-unsaturated/α-hetero) is 2. The molecule has 2 aromatic rings. The second-order valence-electron chi connectivity index (χ2n) is 4.70. The van der Waals surface area contributed by atoms with Crippen LogP contribution in [0, 0.1) is 11.8 Å². The zero-order valence-corrected chi connectivity index (χ0v) is 12.7. The standard InChI is InChI=1S/C18H11BrO2/c19-10-4-3-5-12-8-9-15-16(11-12)13-6-1-2-7-14(13)17(20)18(15)21/h1-2,6-9,11H,4,10H2. The highest BCUT2D eigenvalue weighted by molar-refractivity contribution is 9.09. The van der Waals surface area contributed by atoms with E-state index in [0.29, 0.717) is 11.1 Å². The van der Waals surface area contributed by atoms with E-state index < -0.39 is 11.6 Å². The van der Waals surface area contributed by atoms with Crippen molar-refractivity contribution >= 4 is 27.5 Å². The fraction of sp³-hybridized carbons (Fsp3) is 0.111. The third-order valence-electron chi connectivity index (χ3n) is 3.38. The zero-order valence-electron chi connectivity index (χ0n) is 11.2. The first-order chi connectivity index (χ1) is 10.2. The van der Waals surface area contributed by atoms with Crippen LogP contribution in [0.5, 0.6) is 0 Å². The van der Waals surface area contributed by atoms with Crippen LogP contribution in [0.3, 0.4) is 0 Å². The van der Waals surface area contributed by atoms with Gasteiger partial charge in [0, 0.05) is 28.4 Å². The second-order valence-corrected chi connectivity index (χ2v) is 5.50. The van der Waals surface area contributed by atoms with Gasteiger partial charge in [-0.05, 0) is 29.3 Å². The fourth-order valence-corrected chi connectivity index (χ4v) is 2.61. The summed E-state index contributed by atoms with van der Waals surface area (Å²) in [5, 5.41) is 0.834. The molecule has 0 fully saturated rings. The molecular weight excluding hydrogens is 328 g/mol. The normalized spacial score (nSPS) is 12.2. The topological polar surface area (TPSA) is 34.1 Å². The van der Waals surface area contributed by atoms with Gasteiger partial charge >= 0.3 is 0 Å². The number of carbonyl (C=O) groups excluding carboxylic acids is 2. The number of hydrogen-bond donors (Lipinski definition) is 0. The van der Waals surface area contributed by atoms with Crippen molar-refractivity contribution in [1.82, 2.24) is 0 Å². The van der Waals surface area contributed by atoms with Crippen molar-refractivity contribution in [2.24, 2.45) is 0 Å². The van der Waals surface area contributed by atoms with Crippen LogP contribution < -0.4 is 0 Å². The van der Waals surface area contributed by atoms with E-state index in [4.69, 9.17) is 0 Å². The number of rotatable bonds is 1. The van der Waals surface area contributed by atoms with Crippen molar-refractivity contribution in [3.05, 3.63) is 59.2 Å². The monoisotopic (exact) mass is 338 g/mol. The molecule has 21 heavy (non-hydrogen) atoms. The third-order valence-corrected chi connectivity index (χ3v) is 3.78. The number of carbonyl (C=O) groups is 2. The molecule has 0 bridgehead atoms. The predicted molar refractivity (Wildman–Crippen MR) is 85.8 cm³/mol. The van der Waals surface area contributed by atoms with Crippen molar-refractivity contribution in [2.75, 3.05) is 5.33 Å². The van der Waals surface area contributed by atoms with Gasteiger partial charge in [0.05, 0.1) is 0 Å². The molecule has 2 aromatic carbocycles. The lowest BCUT2D eigenvalue weighted by Gasteiger charge is -2.17. The number of alkyl halides is 1. The van der Waals surface area contributed by atoms with Gasteiger partial charge in [0.1, 0.15) is 0 Å². The maximum absolute atomic E-state index is 12.2. The van der Waals surface area contributed by atoms with E-state index in [2.05, 4.69) is 27.8 Å². The Kier molecular flexibility index (Phi) is 3.72. The van der Waals surface area contributed by atoms with Crippen molar-refractivity contribution in [3.63, 3.8) is 0 Å². The van der Waals surface area contributed by atoms with E-state index in [1.54, 1.807) is 24.3 Å². The van der Waals surface area contributed by atoms with Gasteiger partial charge in [-0.25, -0.2) is 0 Å². The lowest BCUT2D eigenvalue weighted by Crippen LogP contribution is -2.21. The first-order valence-corrected chi connectivity index (χ1v) is 7.72. The van der Waals surface area contributed by atoms with Crippen molar-refractivity contribution in [2.45, 2.75) is 6.42 Å². The van der Waals surface area contributed by atoms with Crippen LogP contribution >= 0.6 is 15.9 Å². The summed E-state index contributed by atoms with van der Waals surface area (Å²) in [6.45, 7) is 0. The molecule has 3 rings (SSSR count). The van der Waals surface area contributed by atoms with Gasteiger partial charge in [0.2, 0.25) is 11.6 Å². The number of hydrogen-bond acceptors (Lipinski definition) is 2. The number of fused-ring (bicyclic) bond motifs is 3. The molecule has 0 radical (unpaired) electrons. The zero-order chi connectivity index (χ0) is 14.8. The molecule has 0 unspecified atom stereocenters. The van der Waals surface area contributed by atoms with Gasteiger partial charge in [-0.15, -0.1) is 0 Å². The molecule has 0 spiro atoms. The van der Waals surface area contributed by atoms with E-state index in [-0.39, 0.29) is 0 Å². The highest BCUT2D eigenvalue weighted by Gasteiger charge is 2.29. The first kappa shape index (κ1) is 13.8. The first-order valence-electron chi connectivity index (χ1n) is 6.59. The van der Waals surface area contributed by atoms with Crippen molar-refractivity contribution in [1.29, 1.82) is 0 Å². The molecular formula is C18H11BrO2. The van der Waals surface area contributed by atoms with Gasteiger partial charge < -0.3 is 0 Å². The van der Waals surface area contributed by atoms with E-state index in [1.165, 1.54) is 0 Å². The molecule has 2 nitrogen and oxygen atoms in total. The molecule has 102 valence electrons. The quantitative estimate of drug-likeness (QED) is 0.449. The SMILES string of the molecule is O=C1C(=O)c2ccc(C#CCCBr)cc2-c2ccccc21. The molecule has 1 aliphatic carbocycles. The van der Waals surface area contributed by atoms with Crippen LogP contribution in [0.2, 0.25) is 0 Å². The summed E-state index contributed by atoms with van der Waals surface area (Å²) < 4.78 is 0. The Morgan fingerprint density at radius 1 is 0.857 bits per heavy atom. The summed E-state index contributed by atoms with van der Waals surface area (Å²) in [6, 6.07) is 12.6. The summed E-state index contributed by atoms with van der Waals surface area (Å²) in [5.74, 6) is 5.25. The molecule has 0 aliphatic heterocycles. The lowest BCUT2D eigenvalue weighted by atomic mass is 9.83. The Morgan fingerprint density at radius 2 is 1.52 bits per heavy atom. The second kappa shape index (κ2) is 5.67. The highest BCUT2D eigenvalue weighted by Crippen LogP contribution is 2.33. The third kappa shape index (κ3) is 2.43. The molecule has 3 heteroatoms. The van der Waals surface area contributed by atoms with E-state index >= 15 is 0 Å². The Hall–Kier alpha value is -2.18. The van der Waals surface area contributed by atoms with Gasteiger partial charge in [0.25, 0.3) is 0 Å². The van der Waals surface area contributed by atoms with Crippen molar-refractivity contribution < 1.29 is 9.59 Å². The molecule has 0 saturated heterocycles. The van der Waals surface area contributed by atoms with Crippen LogP contribution in [-0.2, 0) is 0 Å². The van der Waals surface area contributed by atoms with Gasteiger partial charge in [-0.3, -0.25) is 9.59 Å². The maximum atomic E-state index is 12.2. The summed E-state index contributed by atoms with van der Waals surface area (Å²) in [6.07, 6.45) is 0.769. The van der Waals surface area contributed by atoms with Crippen molar-refractivity contribution in [3.8, 4) is 23.0 Å². The minimum absolute atomic E-state index is 0.434. The van der Waals surface area contributed by atoms with Gasteiger partial charge in [-0.1, -0.05) is 52.0 Å². The van der Waals surface area contributed by atoms with E-state index in [1.807, 2.05) is 18.2 Å². The lowest BCUT2D eigenvalue weighted by molar-refractivity contribution is 0.0815. The average Bonchev–Trinajstić information content (AvgIpc) is 2.53. The van der Waals surface area contributed by atoms with Gasteiger partial charge in [0.15, 0.2) is 0 Å². The van der Waals surface area contributed by atoms with Crippen LogP contribution in [0.25, 0.3) is 11.1 Å². The largest absolute Gasteiger partial charge is 0.285 e. The van der Waals surface area contributed by atoms with E-state index in [9.17, 15) is 9.59 Å². The minimum Gasteiger partial charge on any atom is -0.285 e. The predicted octanol–water partition coefficient (Wildman–Crippen LogP) is 3.87.